The summed E-state index contributed by atoms with van der Waals surface area (Å²) >= 11 is 0. The number of hydrogen-bond acceptors (Lipinski definition) is 6. The first-order valence-electron chi connectivity index (χ1n) is 8.24. The summed E-state index contributed by atoms with van der Waals surface area (Å²) in [5.74, 6) is 3.99. The average molecular weight is 400 g/mol. The summed E-state index contributed by atoms with van der Waals surface area (Å²) in [6.07, 6.45) is -3.40. The minimum atomic E-state index is -5.08. The number of halogens is 3. The van der Waals surface area contributed by atoms with E-state index >= 15 is 0 Å². The lowest BCUT2D eigenvalue weighted by Crippen LogP contribution is -2.44. The Hall–Kier alpha value is -3.07. The fourth-order valence-electron chi connectivity index (χ4n) is 2.51. The Kier molecular flexibility index (Phi) is 6.63. The predicted molar refractivity (Wildman–Crippen MR) is 95.0 cm³/mol. The lowest BCUT2D eigenvalue weighted by Gasteiger charge is -2.28. The monoisotopic (exact) mass is 400 g/mol. The highest BCUT2D eigenvalue weighted by Crippen LogP contribution is 2.20. The number of piperazine rings is 1. The molecule has 28 heavy (non-hydrogen) atoms. The maximum atomic E-state index is 12.2. The van der Waals surface area contributed by atoms with Gasteiger partial charge in [0.05, 0.1) is 18.3 Å². The fourth-order valence-corrected chi connectivity index (χ4v) is 2.51. The van der Waals surface area contributed by atoms with Gasteiger partial charge in [-0.25, -0.2) is 14.5 Å². The van der Waals surface area contributed by atoms with Crippen LogP contribution >= 0.6 is 0 Å². The summed E-state index contributed by atoms with van der Waals surface area (Å²) in [5.41, 5.74) is 1.03. The van der Waals surface area contributed by atoms with Crippen LogP contribution in [0.1, 0.15) is 6.92 Å². The molecule has 1 aliphatic heterocycles. The Labute approximate surface area is 157 Å². The zero-order chi connectivity index (χ0) is 20.9. The van der Waals surface area contributed by atoms with Crippen LogP contribution in [0.4, 0.5) is 19.1 Å². The summed E-state index contributed by atoms with van der Waals surface area (Å²) in [5, 5.41) is 14.5. The molecule has 3 heterocycles. The first-order valence-corrected chi connectivity index (χ1v) is 8.24. The van der Waals surface area contributed by atoms with E-state index in [1.165, 1.54) is 4.68 Å². The van der Waals surface area contributed by atoms with Gasteiger partial charge in [-0.05, 0) is 6.92 Å². The quantitative estimate of drug-likeness (QED) is 0.694. The van der Waals surface area contributed by atoms with Gasteiger partial charge >= 0.3 is 12.1 Å². The molecule has 1 fully saturated rings. The number of carboxylic acid groups (broad SMARTS) is 1. The van der Waals surface area contributed by atoms with Crippen LogP contribution < -0.4 is 15.8 Å². The van der Waals surface area contributed by atoms with Crippen molar-refractivity contribution < 1.29 is 23.1 Å². The van der Waals surface area contributed by atoms with E-state index in [-0.39, 0.29) is 5.56 Å². The van der Waals surface area contributed by atoms with E-state index < -0.39 is 12.1 Å². The first-order chi connectivity index (χ1) is 13.2. The minimum Gasteiger partial charge on any atom is -0.475 e. The molecule has 0 atom stereocenters. The number of hydrogen-bond donors (Lipinski definition) is 2. The van der Waals surface area contributed by atoms with Crippen molar-refractivity contribution in [2.45, 2.75) is 19.6 Å². The third kappa shape index (κ3) is 4.80. The number of aromatic nitrogens is 4. The van der Waals surface area contributed by atoms with Crippen LogP contribution in [-0.2, 0) is 18.4 Å². The molecule has 0 aliphatic carbocycles. The summed E-state index contributed by atoms with van der Waals surface area (Å²) < 4.78 is 35.0. The SMILES string of the molecule is CC#CCn1c(N2CCNCC2)nc2c(=O)n(C)ncc21.O=C(O)C(F)(F)F. The van der Waals surface area contributed by atoms with Gasteiger partial charge in [0, 0.05) is 33.2 Å². The molecular formula is C16H19F3N6O3. The maximum absolute atomic E-state index is 12.2. The zero-order valence-corrected chi connectivity index (χ0v) is 15.2. The van der Waals surface area contributed by atoms with Crippen molar-refractivity contribution in [1.29, 1.82) is 0 Å². The van der Waals surface area contributed by atoms with Crippen LogP contribution in [0.5, 0.6) is 0 Å². The standard InChI is InChI=1S/C14H18N6O.C2HF3O2/c1-3-4-7-20-11-10-16-18(2)13(21)12(11)17-14(20)19-8-5-15-6-9-19;3-2(4,5)1(6)7/h10,15H,5-9H2,1-2H3;(H,6,7). The summed E-state index contributed by atoms with van der Waals surface area (Å²) in [7, 11) is 1.64. The van der Waals surface area contributed by atoms with Crippen molar-refractivity contribution in [3.8, 4) is 11.8 Å². The molecule has 0 spiro atoms. The molecule has 2 N–H and O–H groups in total. The summed E-state index contributed by atoms with van der Waals surface area (Å²) in [6, 6.07) is 0. The number of aliphatic carboxylic acids is 1. The lowest BCUT2D eigenvalue weighted by molar-refractivity contribution is -0.192. The molecule has 2 aromatic rings. The smallest absolute Gasteiger partial charge is 0.475 e. The Bertz CT molecular complexity index is 964. The molecule has 152 valence electrons. The average Bonchev–Trinajstić information content (AvgIpc) is 3.02. The molecule has 2 aromatic heterocycles. The van der Waals surface area contributed by atoms with Crippen LogP contribution in [0.2, 0.25) is 0 Å². The van der Waals surface area contributed by atoms with E-state index in [1.54, 1.807) is 20.2 Å². The minimum absolute atomic E-state index is 0.174. The van der Waals surface area contributed by atoms with E-state index in [0.717, 1.165) is 37.6 Å². The number of carboxylic acids is 1. The zero-order valence-electron chi connectivity index (χ0n) is 15.2. The van der Waals surface area contributed by atoms with Crippen LogP contribution in [0.3, 0.4) is 0 Å². The molecule has 0 radical (unpaired) electrons. The summed E-state index contributed by atoms with van der Waals surface area (Å²) in [6.45, 7) is 5.90. The van der Waals surface area contributed by atoms with E-state index in [1.807, 2.05) is 4.57 Å². The fraction of sp³-hybridized carbons (Fsp3) is 0.500. The predicted octanol–water partition coefficient (Wildman–Crippen LogP) is 0.196. The highest BCUT2D eigenvalue weighted by atomic mass is 19.4. The van der Waals surface area contributed by atoms with Crippen molar-refractivity contribution >= 4 is 23.0 Å². The number of imidazole rings is 1. The van der Waals surface area contributed by atoms with Gasteiger partial charge in [0.15, 0.2) is 5.52 Å². The first kappa shape index (κ1) is 21.2. The number of fused-ring (bicyclic) bond motifs is 1. The van der Waals surface area contributed by atoms with E-state index in [0.29, 0.717) is 12.1 Å². The number of anilines is 1. The molecule has 12 heteroatoms. The van der Waals surface area contributed by atoms with Crippen LogP contribution in [-0.4, -0.2) is 62.8 Å². The maximum Gasteiger partial charge on any atom is 0.490 e. The molecular weight excluding hydrogens is 381 g/mol. The molecule has 1 aliphatic rings. The van der Waals surface area contributed by atoms with Gasteiger partial charge in [-0.3, -0.25) is 9.36 Å². The molecule has 0 aromatic carbocycles. The number of aryl methyl sites for hydroxylation is 1. The summed E-state index contributed by atoms with van der Waals surface area (Å²) in [4.78, 5) is 27.9. The number of nitrogens with one attached hydrogen (secondary N) is 1. The van der Waals surface area contributed by atoms with Gasteiger partial charge in [0.25, 0.3) is 5.56 Å². The molecule has 9 nitrogen and oxygen atoms in total. The lowest BCUT2D eigenvalue weighted by atomic mass is 10.4. The largest absolute Gasteiger partial charge is 0.490 e. The van der Waals surface area contributed by atoms with Crippen LogP contribution in [0.25, 0.3) is 11.0 Å². The highest BCUT2D eigenvalue weighted by molar-refractivity contribution is 5.77. The second-order valence-electron chi connectivity index (χ2n) is 5.77. The van der Waals surface area contributed by atoms with Gasteiger partial charge in [-0.15, -0.1) is 5.92 Å². The topological polar surface area (TPSA) is 105 Å². The third-order valence-electron chi connectivity index (χ3n) is 3.89. The molecule has 0 unspecified atom stereocenters. The highest BCUT2D eigenvalue weighted by Gasteiger charge is 2.38. The van der Waals surface area contributed by atoms with E-state index in [9.17, 15) is 18.0 Å². The molecule has 0 saturated carbocycles. The van der Waals surface area contributed by atoms with Crippen molar-refractivity contribution in [2.24, 2.45) is 7.05 Å². The van der Waals surface area contributed by atoms with Gasteiger partial charge in [-0.1, -0.05) is 5.92 Å². The molecule has 1 saturated heterocycles. The van der Waals surface area contributed by atoms with Crippen molar-refractivity contribution in [1.82, 2.24) is 24.6 Å². The van der Waals surface area contributed by atoms with Gasteiger partial charge < -0.3 is 15.3 Å². The van der Waals surface area contributed by atoms with E-state index in [4.69, 9.17) is 9.90 Å². The number of nitrogens with zero attached hydrogens (tertiary/aromatic N) is 5. The Morgan fingerprint density at radius 1 is 1.36 bits per heavy atom. The molecule has 0 amide bonds. The number of alkyl halides is 3. The van der Waals surface area contributed by atoms with Gasteiger partial charge in [0.2, 0.25) is 5.95 Å². The Morgan fingerprint density at radius 2 is 1.96 bits per heavy atom. The second kappa shape index (κ2) is 8.75. The van der Waals surface area contributed by atoms with Gasteiger partial charge in [0.1, 0.15) is 0 Å². The Balaban J connectivity index is 0.000000345. The molecule has 3 rings (SSSR count). The number of carbonyl (C=O) groups is 1. The third-order valence-corrected chi connectivity index (χ3v) is 3.89. The molecule has 0 bridgehead atoms. The normalized spacial score (nSPS) is 14.1. The second-order valence-corrected chi connectivity index (χ2v) is 5.77. The van der Waals surface area contributed by atoms with Crippen molar-refractivity contribution in [3.05, 3.63) is 16.6 Å². The van der Waals surface area contributed by atoms with Crippen molar-refractivity contribution in [2.75, 3.05) is 31.1 Å². The van der Waals surface area contributed by atoms with Crippen molar-refractivity contribution in [3.63, 3.8) is 0 Å². The van der Waals surface area contributed by atoms with E-state index in [2.05, 4.69) is 32.1 Å². The van der Waals surface area contributed by atoms with Gasteiger partial charge in [-0.2, -0.15) is 18.3 Å². The number of rotatable bonds is 2. The van der Waals surface area contributed by atoms with Crippen LogP contribution in [0.15, 0.2) is 11.0 Å². The van der Waals surface area contributed by atoms with Crippen LogP contribution in [0, 0.1) is 11.8 Å². The Morgan fingerprint density at radius 3 is 2.50 bits per heavy atom.